The van der Waals surface area contributed by atoms with Gasteiger partial charge in [0.2, 0.25) is 5.89 Å². The lowest BCUT2D eigenvalue weighted by Crippen LogP contribution is -2.27. The number of nitrogens with two attached hydrogens (primary N) is 1. The van der Waals surface area contributed by atoms with E-state index in [1.54, 1.807) is 0 Å². The van der Waals surface area contributed by atoms with Crippen molar-refractivity contribution >= 4 is 0 Å². The Morgan fingerprint density at radius 3 is 2.67 bits per heavy atom. The zero-order valence-corrected chi connectivity index (χ0v) is 10.7. The minimum atomic E-state index is -0.260. The van der Waals surface area contributed by atoms with E-state index >= 15 is 0 Å². The Kier molecular flexibility index (Phi) is 3.61. The summed E-state index contributed by atoms with van der Waals surface area (Å²) in [6.45, 7) is 0.494. The summed E-state index contributed by atoms with van der Waals surface area (Å²) in [4.78, 5) is 4.43. The number of hydrogen-bond donors (Lipinski definition) is 1. The van der Waals surface area contributed by atoms with Crippen molar-refractivity contribution < 1.29 is 9.26 Å². The van der Waals surface area contributed by atoms with E-state index in [0.717, 1.165) is 31.6 Å². The lowest BCUT2D eigenvalue weighted by molar-refractivity contribution is -0.00549. The van der Waals surface area contributed by atoms with Crippen molar-refractivity contribution in [3.63, 3.8) is 0 Å². The van der Waals surface area contributed by atoms with Crippen LogP contribution < -0.4 is 5.73 Å². The number of hydrogen-bond acceptors (Lipinski definition) is 5. The second kappa shape index (κ2) is 5.36. The molecule has 1 heterocycles. The van der Waals surface area contributed by atoms with Gasteiger partial charge in [-0.2, -0.15) is 4.98 Å². The summed E-state index contributed by atoms with van der Waals surface area (Å²) in [5.41, 5.74) is 6.02. The molecule has 0 amide bonds. The Hall–Kier alpha value is -0.940. The SMILES string of the molecule is NC(COC1CCC1)c1noc(C2CCCC2)n1. The molecule has 0 aromatic carbocycles. The van der Waals surface area contributed by atoms with Crippen molar-refractivity contribution in [3.05, 3.63) is 11.7 Å². The first-order valence-electron chi connectivity index (χ1n) is 7.03. The summed E-state index contributed by atoms with van der Waals surface area (Å²) in [6.07, 6.45) is 8.84. The maximum absolute atomic E-state index is 6.02. The average Bonchev–Trinajstić information content (AvgIpc) is 2.97. The van der Waals surface area contributed by atoms with Crippen LogP contribution in [-0.4, -0.2) is 22.9 Å². The maximum Gasteiger partial charge on any atom is 0.229 e. The van der Waals surface area contributed by atoms with Crippen LogP contribution >= 0.6 is 0 Å². The van der Waals surface area contributed by atoms with Crippen LogP contribution in [0.3, 0.4) is 0 Å². The second-order valence-electron chi connectivity index (χ2n) is 5.46. The monoisotopic (exact) mass is 251 g/mol. The summed E-state index contributed by atoms with van der Waals surface area (Å²) < 4.78 is 11.0. The highest BCUT2D eigenvalue weighted by Crippen LogP contribution is 2.33. The zero-order chi connectivity index (χ0) is 12.4. The van der Waals surface area contributed by atoms with Crippen molar-refractivity contribution in [2.45, 2.75) is 63.0 Å². The highest BCUT2D eigenvalue weighted by Gasteiger charge is 2.25. The van der Waals surface area contributed by atoms with Crippen molar-refractivity contribution in [3.8, 4) is 0 Å². The highest BCUT2D eigenvalue weighted by molar-refractivity contribution is 4.99. The Morgan fingerprint density at radius 1 is 1.22 bits per heavy atom. The first kappa shape index (κ1) is 12.1. The molecule has 18 heavy (non-hydrogen) atoms. The molecule has 2 aliphatic rings. The van der Waals surface area contributed by atoms with Gasteiger partial charge in [-0.15, -0.1) is 0 Å². The summed E-state index contributed by atoms with van der Waals surface area (Å²) in [5, 5.41) is 3.99. The Balaban J connectivity index is 1.54. The van der Waals surface area contributed by atoms with Gasteiger partial charge in [-0.25, -0.2) is 0 Å². The van der Waals surface area contributed by atoms with Crippen LogP contribution in [0.4, 0.5) is 0 Å². The van der Waals surface area contributed by atoms with Crippen LogP contribution in [0.15, 0.2) is 4.52 Å². The molecule has 1 unspecified atom stereocenters. The van der Waals surface area contributed by atoms with Crippen LogP contribution in [0.2, 0.25) is 0 Å². The van der Waals surface area contributed by atoms with Crippen LogP contribution in [0, 0.1) is 0 Å². The van der Waals surface area contributed by atoms with E-state index in [-0.39, 0.29) is 6.04 Å². The van der Waals surface area contributed by atoms with Crippen LogP contribution in [-0.2, 0) is 4.74 Å². The Labute approximate surface area is 107 Å². The van der Waals surface area contributed by atoms with Crippen molar-refractivity contribution in [2.75, 3.05) is 6.61 Å². The van der Waals surface area contributed by atoms with E-state index in [1.807, 2.05) is 0 Å². The minimum absolute atomic E-state index is 0.260. The fourth-order valence-electron chi connectivity index (χ4n) is 2.59. The first-order valence-corrected chi connectivity index (χ1v) is 7.03. The quantitative estimate of drug-likeness (QED) is 0.869. The number of nitrogens with zero attached hydrogens (tertiary/aromatic N) is 2. The third kappa shape index (κ3) is 2.57. The molecule has 1 atom stereocenters. The standard InChI is InChI=1S/C13H21N3O2/c14-11(8-17-10-6-3-7-10)12-15-13(18-16-12)9-4-1-2-5-9/h9-11H,1-8,14H2. The van der Waals surface area contributed by atoms with Gasteiger partial charge in [-0.3, -0.25) is 0 Å². The van der Waals surface area contributed by atoms with Gasteiger partial charge in [-0.05, 0) is 32.1 Å². The topological polar surface area (TPSA) is 74.2 Å². The molecule has 0 aliphatic heterocycles. The molecule has 0 saturated heterocycles. The fraction of sp³-hybridized carbons (Fsp3) is 0.846. The van der Waals surface area contributed by atoms with Gasteiger partial charge in [0, 0.05) is 5.92 Å². The lowest BCUT2D eigenvalue weighted by Gasteiger charge is -2.26. The molecule has 2 N–H and O–H groups in total. The Bertz CT molecular complexity index is 383. The summed E-state index contributed by atoms with van der Waals surface area (Å²) in [5.74, 6) is 1.81. The molecule has 1 aromatic rings. The zero-order valence-electron chi connectivity index (χ0n) is 10.7. The first-order chi connectivity index (χ1) is 8.83. The van der Waals surface area contributed by atoms with E-state index in [9.17, 15) is 0 Å². The fourth-order valence-corrected chi connectivity index (χ4v) is 2.59. The third-order valence-electron chi connectivity index (χ3n) is 4.06. The average molecular weight is 251 g/mol. The van der Waals surface area contributed by atoms with Crippen LogP contribution in [0.5, 0.6) is 0 Å². The molecular formula is C13H21N3O2. The van der Waals surface area contributed by atoms with Gasteiger partial charge in [0.05, 0.1) is 18.8 Å². The molecule has 1 aromatic heterocycles. The number of aromatic nitrogens is 2. The van der Waals surface area contributed by atoms with Gasteiger partial charge in [0.15, 0.2) is 5.82 Å². The molecule has 100 valence electrons. The normalized spacial score (nSPS) is 23.2. The van der Waals surface area contributed by atoms with Gasteiger partial charge in [-0.1, -0.05) is 18.0 Å². The molecule has 3 rings (SSSR count). The van der Waals surface area contributed by atoms with E-state index in [0.29, 0.717) is 24.5 Å². The smallest absolute Gasteiger partial charge is 0.229 e. The van der Waals surface area contributed by atoms with E-state index in [2.05, 4.69) is 10.1 Å². The van der Waals surface area contributed by atoms with Crippen molar-refractivity contribution in [2.24, 2.45) is 5.73 Å². The molecule has 2 fully saturated rings. The molecule has 0 radical (unpaired) electrons. The molecule has 0 spiro atoms. The second-order valence-corrected chi connectivity index (χ2v) is 5.46. The summed E-state index contributed by atoms with van der Waals surface area (Å²) in [7, 11) is 0. The molecule has 2 aliphatic carbocycles. The predicted octanol–water partition coefficient (Wildman–Crippen LogP) is 2.30. The van der Waals surface area contributed by atoms with Crippen molar-refractivity contribution in [1.82, 2.24) is 10.1 Å². The molecule has 5 nitrogen and oxygen atoms in total. The van der Waals surface area contributed by atoms with Gasteiger partial charge >= 0.3 is 0 Å². The predicted molar refractivity (Wildman–Crippen MR) is 66.0 cm³/mol. The van der Waals surface area contributed by atoms with E-state index < -0.39 is 0 Å². The largest absolute Gasteiger partial charge is 0.376 e. The molecular weight excluding hydrogens is 230 g/mol. The summed E-state index contributed by atoms with van der Waals surface area (Å²) in [6, 6.07) is -0.260. The summed E-state index contributed by atoms with van der Waals surface area (Å²) >= 11 is 0. The van der Waals surface area contributed by atoms with Crippen LogP contribution in [0.25, 0.3) is 0 Å². The van der Waals surface area contributed by atoms with Gasteiger partial charge in [0.1, 0.15) is 0 Å². The highest BCUT2D eigenvalue weighted by atomic mass is 16.5. The lowest BCUT2D eigenvalue weighted by atomic mass is 9.96. The number of rotatable bonds is 5. The molecule has 5 heteroatoms. The molecule has 0 bridgehead atoms. The van der Waals surface area contributed by atoms with E-state index in [4.69, 9.17) is 15.0 Å². The third-order valence-corrected chi connectivity index (χ3v) is 4.06. The molecule has 2 saturated carbocycles. The van der Waals surface area contributed by atoms with E-state index in [1.165, 1.54) is 19.3 Å². The van der Waals surface area contributed by atoms with Crippen molar-refractivity contribution in [1.29, 1.82) is 0 Å². The number of ether oxygens (including phenoxy) is 1. The Morgan fingerprint density at radius 2 is 2.00 bits per heavy atom. The van der Waals surface area contributed by atoms with Crippen LogP contribution in [0.1, 0.15) is 68.6 Å². The minimum Gasteiger partial charge on any atom is -0.376 e. The maximum atomic E-state index is 6.02. The van der Waals surface area contributed by atoms with Gasteiger partial charge < -0.3 is 15.0 Å². The van der Waals surface area contributed by atoms with Gasteiger partial charge in [0.25, 0.3) is 0 Å².